The molecule has 2 rings (SSSR count). The Balaban J connectivity index is 2.09. The highest BCUT2D eigenvalue weighted by molar-refractivity contribution is 7.86. The van der Waals surface area contributed by atoms with Crippen molar-refractivity contribution in [2.45, 2.75) is 44.1 Å². The molecule has 7 nitrogen and oxygen atoms in total. The number of hydrogen-bond acceptors (Lipinski definition) is 5. The van der Waals surface area contributed by atoms with Gasteiger partial charge in [-0.2, -0.15) is 22.3 Å². The molecule has 1 saturated heterocycles. The van der Waals surface area contributed by atoms with E-state index in [1.165, 1.54) is 15.7 Å². The maximum Gasteiger partial charge on any atom is 0.282 e. The lowest BCUT2D eigenvalue weighted by Gasteiger charge is -2.47. The number of ether oxygens (including phenoxy) is 1. The van der Waals surface area contributed by atoms with E-state index < -0.39 is 15.8 Å². The van der Waals surface area contributed by atoms with Crippen molar-refractivity contribution in [3.63, 3.8) is 0 Å². The van der Waals surface area contributed by atoms with Crippen LogP contribution >= 0.6 is 0 Å². The van der Waals surface area contributed by atoms with Crippen molar-refractivity contribution in [1.82, 2.24) is 8.61 Å². The molecule has 132 valence electrons. The van der Waals surface area contributed by atoms with E-state index in [4.69, 9.17) is 10.00 Å². The van der Waals surface area contributed by atoms with Crippen molar-refractivity contribution in [3.8, 4) is 6.07 Å². The highest BCUT2D eigenvalue weighted by atomic mass is 32.2. The fraction of sp³-hybridized carbons (Fsp3) is 0.933. The molecule has 0 aromatic heterocycles. The quantitative estimate of drug-likeness (QED) is 0.734. The molecule has 0 radical (unpaired) electrons. The van der Waals surface area contributed by atoms with E-state index in [0.717, 1.165) is 25.7 Å². The van der Waals surface area contributed by atoms with Gasteiger partial charge in [-0.3, -0.25) is 0 Å². The van der Waals surface area contributed by atoms with Crippen LogP contribution in [0.3, 0.4) is 0 Å². The summed E-state index contributed by atoms with van der Waals surface area (Å²) in [6.07, 6.45) is 4.36. The summed E-state index contributed by atoms with van der Waals surface area (Å²) in [6, 6.07) is 2.00. The van der Waals surface area contributed by atoms with Gasteiger partial charge < -0.3 is 9.84 Å². The molecule has 1 N–H and O–H groups in total. The van der Waals surface area contributed by atoms with E-state index in [1.54, 1.807) is 0 Å². The molecule has 0 aromatic rings. The van der Waals surface area contributed by atoms with Crippen LogP contribution in [0, 0.1) is 17.2 Å². The van der Waals surface area contributed by atoms with Crippen LogP contribution in [0.4, 0.5) is 0 Å². The summed E-state index contributed by atoms with van der Waals surface area (Å²) in [4.78, 5) is 0. The van der Waals surface area contributed by atoms with E-state index in [1.807, 2.05) is 6.07 Å². The lowest BCUT2D eigenvalue weighted by molar-refractivity contribution is -0.0823. The summed E-state index contributed by atoms with van der Waals surface area (Å²) in [7, 11) is -2.10. The van der Waals surface area contributed by atoms with Gasteiger partial charge >= 0.3 is 0 Å². The minimum absolute atomic E-state index is 0.0139. The van der Waals surface area contributed by atoms with Gasteiger partial charge in [0.05, 0.1) is 18.3 Å². The smallest absolute Gasteiger partial charge is 0.282 e. The van der Waals surface area contributed by atoms with Gasteiger partial charge in [0.2, 0.25) is 0 Å². The average Bonchev–Trinajstić information content (AvgIpc) is 2.53. The standard InChI is InChI=1S/C15H27N3O4S/c1-22-12-11-17(9-4-8-16)23(20,21)18-10-7-15(19)6-3-2-5-14(15)13-18/h14,19H,2-7,9-13H2,1H3/t14-,15+/m1/s1. The fourth-order valence-corrected chi connectivity index (χ4v) is 5.27. The molecule has 2 aliphatic rings. The number of aliphatic hydroxyl groups is 1. The number of piperidine rings is 1. The summed E-state index contributed by atoms with van der Waals surface area (Å²) >= 11 is 0. The third-order valence-electron chi connectivity index (χ3n) is 5.06. The monoisotopic (exact) mass is 345 g/mol. The van der Waals surface area contributed by atoms with Gasteiger partial charge in [-0.1, -0.05) is 12.8 Å². The van der Waals surface area contributed by atoms with Crippen LogP contribution in [0.25, 0.3) is 0 Å². The Morgan fingerprint density at radius 3 is 2.87 bits per heavy atom. The summed E-state index contributed by atoms with van der Waals surface area (Å²) in [5.41, 5.74) is -0.700. The second kappa shape index (κ2) is 7.90. The van der Waals surface area contributed by atoms with Gasteiger partial charge in [0.1, 0.15) is 0 Å². The minimum atomic E-state index is -3.62. The lowest BCUT2D eigenvalue weighted by atomic mass is 9.72. The molecule has 0 unspecified atom stereocenters. The van der Waals surface area contributed by atoms with Gasteiger partial charge in [0, 0.05) is 45.6 Å². The number of nitriles is 1. The zero-order valence-electron chi connectivity index (χ0n) is 13.8. The second-order valence-corrected chi connectivity index (χ2v) is 8.39. The molecule has 8 heteroatoms. The summed E-state index contributed by atoms with van der Waals surface area (Å²) < 4.78 is 33.6. The van der Waals surface area contributed by atoms with Crippen molar-refractivity contribution in [2.24, 2.45) is 5.92 Å². The molecule has 1 aliphatic heterocycles. The summed E-state index contributed by atoms with van der Waals surface area (Å²) in [5.74, 6) is 0.0139. The second-order valence-electron chi connectivity index (χ2n) is 6.46. The minimum Gasteiger partial charge on any atom is -0.390 e. The first-order valence-electron chi connectivity index (χ1n) is 8.27. The number of methoxy groups -OCH3 is 1. The number of fused-ring (bicyclic) bond motifs is 1. The van der Waals surface area contributed by atoms with E-state index in [-0.39, 0.29) is 25.4 Å². The van der Waals surface area contributed by atoms with Crippen LogP contribution in [0.5, 0.6) is 0 Å². The normalized spacial score (nSPS) is 29.2. The van der Waals surface area contributed by atoms with E-state index in [2.05, 4.69) is 0 Å². The molecule has 0 spiro atoms. The molecule has 2 fully saturated rings. The van der Waals surface area contributed by atoms with Crippen LogP contribution in [-0.4, -0.2) is 67.6 Å². The molecule has 2 atom stereocenters. The number of rotatable bonds is 7. The van der Waals surface area contributed by atoms with Crippen molar-refractivity contribution in [3.05, 3.63) is 0 Å². The summed E-state index contributed by atoms with van der Waals surface area (Å²) in [5, 5.41) is 19.5. The Morgan fingerprint density at radius 1 is 1.39 bits per heavy atom. The van der Waals surface area contributed by atoms with E-state index in [9.17, 15) is 13.5 Å². The Morgan fingerprint density at radius 2 is 2.17 bits per heavy atom. The van der Waals surface area contributed by atoms with Gasteiger partial charge in [-0.25, -0.2) is 0 Å². The molecule has 0 amide bonds. The van der Waals surface area contributed by atoms with Crippen LogP contribution in [0.1, 0.15) is 38.5 Å². The van der Waals surface area contributed by atoms with Gasteiger partial charge in [0.25, 0.3) is 10.2 Å². The fourth-order valence-electron chi connectivity index (χ4n) is 3.62. The molecule has 1 heterocycles. The molecule has 1 aliphatic carbocycles. The van der Waals surface area contributed by atoms with Crippen LogP contribution < -0.4 is 0 Å². The third-order valence-corrected chi connectivity index (χ3v) is 7.06. The van der Waals surface area contributed by atoms with Gasteiger partial charge in [-0.15, -0.1) is 0 Å². The Hall–Kier alpha value is -0.720. The van der Waals surface area contributed by atoms with Crippen molar-refractivity contribution in [1.29, 1.82) is 5.26 Å². The Bertz CT molecular complexity index is 533. The molecule has 23 heavy (non-hydrogen) atoms. The lowest BCUT2D eigenvalue weighted by Crippen LogP contribution is -2.57. The van der Waals surface area contributed by atoms with E-state index in [0.29, 0.717) is 26.1 Å². The van der Waals surface area contributed by atoms with E-state index >= 15 is 0 Å². The van der Waals surface area contributed by atoms with Crippen molar-refractivity contribution >= 4 is 10.2 Å². The molecular weight excluding hydrogens is 318 g/mol. The zero-order chi connectivity index (χ0) is 16.9. The highest BCUT2D eigenvalue weighted by Crippen LogP contribution is 2.40. The largest absolute Gasteiger partial charge is 0.390 e. The van der Waals surface area contributed by atoms with Crippen LogP contribution in [0.15, 0.2) is 0 Å². The molecule has 0 aromatic carbocycles. The zero-order valence-corrected chi connectivity index (χ0v) is 14.6. The topological polar surface area (TPSA) is 93.9 Å². The molecular formula is C15H27N3O4S. The van der Waals surface area contributed by atoms with Crippen LogP contribution in [0.2, 0.25) is 0 Å². The Kier molecular flexibility index (Phi) is 6.40. The molecule has 1 saturated carbocycles. The number of hydrogen-bond donors (Lipinski definition) is 1. The maximum absolute atomic E-state index is 12.9. The highest BCUT2D eigenvalue weighted by Gasteiger charge is 2.46. The third kappa shape index (κ3) is 4.22. The van der Waals surface area contributed by atoms with Crippen molar-refractivity contribution < 1.29 is 18.3 Å². The first kappa shape index (κ1) is 18.6. The maximum atomic E-state index is 12.9. The predicted octanol–water partition coefficient (Wildman–Crippen LogP) is 0.720. The number of nitrogens with zero attached hydrogens (tertiary/aromatic N) is 3. The van der Waals surface area contributed by atoms with Gasteiger partial charge in [0.15, 0.2) is 0 Å². The van der Waals surface area contributed by atoms with Crippen molar-refractivity contribution in [2.75, 3.05) is 39.9 Å². The first-order valence-corrected chi connectivity index (χ1v) is 9.67. The molecule has 0 bridgehead atoms. The predicted molar refractivity (Wildman–Crippen MR) is 85.7 cm³/mol. The Labute approximate surface area is 139 Å². The summed E-state index contributed by atoms with van der Waals surface area (Å²) in [6.45, 7) is 1.42. The van der Waals surface area contributed by atoms with Crippen LogP contribution in [-0.2, 0) is 14.9 Å². The first-order chi connectivity index (χ1) is 10.9. The SMILES string of the molecule is COCCN(CCC#N)S(=O)(=O)N1CC[C@@]2(O)CCCC[C@@H]2C1. The van der Waals surface area contributed by atoms with Gasteiger partial charge in [-0.05, 0) is 19.3 Å². The average molecular weight is 345 g/mol.